The highest BCUT2D eigenvalue weighted by Gasteiger charge is 2.31. The lowest BCUT2D eigenvalue weighted by molar-refractivity contribution is -0.147. The van der Waals surface area contributed by atoms with Crippen LogP contribution in [0.15, 0.2) is 51.7 Å². The summed E-state index contributed by atoms with van der Waals surface area (Å²) in [6.07, 6.45) is 0.333. The van der Waals surface area contributed by atoms with Gasteiger partial charge in [0.1, 0.15) is 17.1 Å². The Kier molecular flexibility index (Phi) is 6.18. The zero-order valence-corrected chi connectivity index (χ0v) is 18.3. The number of benzene rings is 2. The summed E-state index contributed by atoms with van der Waals surface area (Å²) < 4.78 is 24.7. The van der Waals surface area contributed by atoms with Crippen LogP contribution in [0.3, 0.4) is 0 Å². The predicted molar refractivity (Wildman–Crippen MR) is 120 cm³/mol. The summed E-state index contributed by atoms with van der Waals surface area (Å²) in [4.78, 5) is 37.8. The van der Waals surface area contributed by atoms with Crippen molar-refractivity contribution in [2.75, 3.05) is 13.1 Å². The average Bonchev–Trinajstić information content (AvgIpc) is 2.78. The van der Waals surface area contributed by atoms with Gasteiger partial charge in [0.25, 0.3) is 5.91 Å². The molecule has 8 heteroatoms. The first-order valence-corrected chi connectivity index (χ1v) is 10.8. The van der Waals surface area contributed by atoms with E-state index in [0.29, 0.717) is 47.2 Å². The smallest absolute Gasteiger partial charge is 0.336 e. The summed E-state index contributed by atoms with van der Waals surface area (Å²) in [7, 11) is 0. The zero-order chi connectivity index (χ0) is 23.7. The van der Waals surface area contributed by atoms with Gasteiger partial charge in [-0.3, -0.25) is 9.59 Å². The fourth-order valence-corrected chi connectivity index (χ4v) is 4.26. The van der Waals surface area contributed by atoms with Crippen molar-refractivity contribution in [1.82, 2.24) is 4.90 Å². The number of rotatable bonds is 5. The second-order valence-corrected chi connectivity index (χ2v) is 8.32. The van der Waals surface area contributed by atoms with Crippen molar-refractivity contribution in [3.8, 4) is 16.9 Å². The summed E-state index contributed by atoms with van der Waals surface area (Å²) in [5.41, 5.74) is 1.73. The van der Waals surface area contributed by atoms with E-state index >= 15 is 0 Å². The zero-order valence-electron chi connectivity index (χ0n) is 18.3. The minimum Gasteiger partial charge on any atom is -0.481 e. The molecule has 1 fully saturated rings. The van der Waals surface area contributed by atoms with Crippen LogP contribution in [-0.2, 0) is 9.59 Å². The Morgan fingerprint density at radius 2 is 1.97 bits per heavy atom. The molecule has 2 atom stereocenters. The molecule has 1 aliphatic rings. The van der Waals surface area contributed by atoms with Crippen molar-refractivity contribution in [3.05, 3.63) is 64.3 Å². The number of hydrogen-bond acceptors (Lipinski definition) is 5. The molecule has 1 amide bonds. The Bertz CT molecular complexity index is 1280. The first-order chi connectivity index (χ1) is 15.7. The van der Waals surface area contributed by atoms with Crippen molar-refractivity contribution in [3.63, 3.8) is 0 Å². The molecule has 3 aromatic rings. The lowest BCUT2D eigenvalue weighted by Gasteiger charge is -2.32. The van der Waals surface area contributed by atoms with Crippen LogP contribution >= 0.6 is 0 Å². The summed E-state index contributed by atoms with van der Waals surface area (Å²) >= 11 is 0. The Labute approximate surface area is 189 Å². The third-order valence-electron chi connectivity index (χ3n) is 5.94. The Balaban J connectivity index is 1.59. The van der Waals surface area contributed by atoms with Crippen molar-refractivity contribution in [2.45, 2.75) is 32.8 Å². The molecule has 0 radical (unpaired) electrons. The Morgan fingerprint density at radius 3 is 2.70 bits per heavy atom. The lowest BCUT2D eigenvalue weighted by Crippen LogP contribution is -2.47. The molecule has 0 aliphatic carbocycles. The molecule has 1 unspecified atom stereocenters. The number of carboxylic acid groups (broad SMARTS) is 1. The van der Waals surface area contributed by atoms with Crippen LogP contribution in [0.25, 0.3) is 22.1 Å². The SMILES string of the molecule is Cc1cc(F)ccc1-c1cc(=O)oc2cc(OC(C)C(=O)N3CCC[C@H](C(=O)O)C3)ccc12. The van der Waals surface area contributed by atoms with Gasteiger partial charge < -0.3 is 19.2 Å². The van der Waals surface area contributed by atoms with Crippen molar-refractivity contribution < 1.29 is 28.2 Å². The molecular formula is C25H24FNO6. The topological polar surface area (TPSA) is 97.0 Å². The Morgan fingerprint density at radius 1 is 1.18 bits per heavy atom. The third kappa shape index (κ3) is 4.74. The number of piperidine rings is 1. The summed E-state index contributed by atoms with van der Waals surface area (Å²) in [6, 6.07) is 10.7. The van der Waals surface area contributed by atoms with Crippen LogP contribution in [0.1, 0.15) is 25.3 Å². The molecule has 1 saturated heterocycles. The number of amides is 1. The van der Waals surface area contributed by atoms with Gasteiger partial charge in [0.05, 0.1) is 5.92 Å². The van der Waals surface area contributed by atoms with Gasteiger partial charge in [-0.15, -0.1) is 0 Å². The molecule has 4 rings (SSSR count). The minimum absolute atomic E-state index is 0.162. The lowest BCUT2D eigenvalue weighted by atomic mass is 9.97. The van der Waals surface area contributed by atoms with Gasteiger partial charge in [0.15, 0.2) is 6.10 Å². The molecule has 0 spiro atoms. The van der Waals surface area contributed by atoms with Gasteiger partial charge in [0.2, 0.25) is 0 Å². The molecular weight excluding hydrogens is 429 g/mol. The van der Waals surface area contributed by atoms with E-state index in [-0.39, 0.29) is 23.9 Å². The quantitative estimate of drug-likeness (QED) is 0.587. The first-order valence-electron chi connectivity index (χ1n) is 10.8. The van der Waals surface area contributed by atoms with E-state index in [9.17, 15) is 23.9 Å². The summed E-state index contributed by atoms with van der Waals surface area (Å²) in [5.74, 6) is -1.79. The monoisotopic (exact) mass is 453 g/mol. The molecule has 172 valence electrons. The van der Waals surface area contributed by atoms with Crippen LogP contribution < -0.4 is 10.4 Å². The number of carboxylic acids is 1. The van der Waals surface area contributed by atoms with Gasteiger partial charge in [0, 0.05) is 36.2 Å². The molecule has 2 aromatic carbocycles. The largest absolute Gasteiger partial charge is 0.481 e. The van der Waals surface area contributed by atoms with Crippen LogP contribution in [0, 0.1) is 18.7 Å². The molecule has 7 nitrogen and oxygen atoms in total. The van der Waals surface area contributed by atoms with Crippen molar-refractivity contribution in [2.24, 2.45) is 5.92 Å². The van der Waals surface area contributed by atoms with Gasteiger partial charge in [-0.25, -0.2) is 9.18 Å². The third-order valence-corrected chi connectivity index (χ3v) is 5.94. The predicted octanol–water partition coefficient (Wildman–Crippen LogP) is 4.00. The van der Waals surface area contributed by atoms with Crippen LogP contribution in [0.5, 0.6) is 5.75 Å². The molecule has 0 bridgehead atoms. The van der Waals surface area contributed by atoms with Gasteiger partial charge in [-0.05, 0) is 62.1 Å². The highest BCUT2D eigenvalue weighted by molar-refractivity contribution is 5.94. The van der Waals surface area contributed by atoms with Crippen molar-refractivity contribution in [1.29, 1.82) is 0 Å². The fourth-order valence-electron chi connectivity index (χ4n) is 4.26. The van der Waals surface area contributed by atoms with E-state index in [1.807, 2.05) is 0 Å². The van der Waals surface area contributed by atoms with E-state index in [0.717, 1.165) is 0 Å². The molecule has 2 heterocycles. The number of likely N-dealkylation sites (tertiary alicyclic amines) is 1. The molecule has 33 heavy (non-hydrogen) atoms. The highest BCUT2D eigenvalue weighted by atomic mass is 19.1. The van der Waals surface area contributed by atoms with Crippen molar-refractivity contribution >= 4 is 22.8 Å². The van der Waals surface area contributed by atoms with E-state index in [1.54, 1.807) is 38.1 Å². The van der Waals surface area contributed by atoms with E-state index < -0.39 is 23.6 Å². The first kappa shape index (κ1) is 22.5. The molecule has 0 saturated carbocycles. The number of aliphatic carboxylic acids is 1. The average molecular weight is 453 g/mol. The summed E-state index contributed by atoms with van der Waals surface area (Å²) in [5, 5.41) is 9.90. The normalized spacial score (nSPS) is 17.1. The number of halogens is 1. The minimum atomic E-state index is -0.905. The van der Waals surface area contributed by atoms with E-state index in [4.69, 9.17) is 9.15 Å². The van der Waals surface area contributed by atoms with Crippen LogP contribution in [0.2, 0.25) is 0 Å². The number of fused-ring (bicyclic) bond motifs is 1. The second kappa shape index (κ2) is 9.05. The fraction of sp³-hybridized carbons (Fsp3) is 0.320. The van der Waals surface area contributed by atoms with E-state index in [1.165, 1.54) is 23.1 Å². The number of hydrogen-bond donors (Lipinski definition) is 1. The maximum Gasteiger partial charge on any atom is 0.336 e. The number of nitrogens with zero attached hydrogens (tertiary/aromatic N) is 1. The molecule has 1 N–H and O–H groups in total. The van der Waals surface area contributed by atoms with Crippen LogP contribution in [0.4, 0.5) is 4.39 Å². The van der Waals surface area contributed by atoms with Crippen LogP contribution in [-0.4, -0.2) is 41.1 Å². The summed E-state index contributed by atoms with van der Waals surface area (Å²) in [6.45, 7) is 4.02. The van der Waals surface area contributed by atoms with Gasteiger partial charge in [-0.2, -0.15) is 0 Å². The molecule has 1 aliphatic heterocycles. The second-order valence-electron chi connectivity index (χ2n) is 8.32. The standard InChI is InChI=1S/C25H24FNO6/c1-14-10-17(26)5-7-19(14)21-12-23(28)33-22-11-18(6-8-20(21)22)32-15(2)24(29)27-9-3-4-16(13-27)25(30)31/h5-8,10-12,15-16H,3-4,9,13H2,1-2H3,(H,30,31)/t15?,16-/m0/s1. The van der Waals surface area contributed by atoms with E-state index in [2.05, 4.69) is 0 Å². The number of ether oxygens (including phenoxy) is 1. The van der Waals surface area contributed by atoms with Gasteiger partial charge in [-0.1, -0.05) is 6.07 Å². The Hall–Kier alpha value is -3.68. The maximum atomic E-state index is 13.5. The maximum absolute atomic E-state index is 13.5. The van der Waals surface area contributed by atoms with Gasteiger partial charge >= 0.3 is 11.6 Å². The molecule has 1 aromatic heterocycles. The highest BCUT2D eigenvalue weighted by Crippen LogP contribution is 2.32. The number of aryl methyl sites for hydroxylation is 1. The number of carbonyl (C=O) groups excluding carboxylic acids is 1. The number of carbonyl (C=O) groups is 2.